The molecule has 0 N–H and O–H groups in total. The van der Waals surface area contributed by atoms with Gasteiger partial charge in [-0.05, 0) is 37.0 Å². The van der Waals surface area contributed by atoms with Crippen LogP contribution >= 0.6 is 7.80 Å². The van der Waals surface area contributed by atoms with Crippen LogP contribution in [0.25, 0.3) is 0 Å². The van der Waals surface area contributed by atoms with Gasteiger partial charge in [-0.15, -0.1) is 0 Å². The van der Waals surface area contributed by atoms with Crippen molar-refractivity contribution < 1.29 is 9.30 Å². The summed E-state index contributed by atoms with van der Waals surface area (Å²) < 4.78 is 17.3. The number of methoxy groups -OCH3 is 1. The molecule has 0 aliphatic heterocycles. The first kappa shape index (κ1) is 15.9. The Labute approximate surface area is 127 Å². The van der Waals surface area contributed by atoms with Crippen molar-refractivity contribution in [3.05, 3.63) is 60.2 Å². The van der Waals surface area contributed by atoms with Crippen LogP contribution in [-0.4, -0.2) is 13.3 Å². The van der Waals surface area contributed by atoms with E-state index in [-0.39, 0.29) is 0 Å². The Morgan fingerprint density at radius 1 is 0.905 bits per heavy atom. The Kier molecular flexibility index (Phi) is 6.56. The maximum Gasteiger partial charge on any atom is 0.118 e. The molecule has 0 aliphatic carbocycles. The summed E-state index contributed by atoms with van der Waals surface area (Å²) in [4.78, 5) is 0. The number of unbranched alkanes of at least 4 members (excludes halogenated alkanes) is 2. The Bertz CT molecular complexity index is 549. The fourth-order valence-electron chi connectivity index (χ4n) is 2.35. The number of benzene rings is 2. The molecule has 0 bridgehead atoms. The molecule has 1 unspecified atom stereocenters. The monoisotopic (exact) mass is 302 g/mol. The van der Waals surface area contributed by atoms with Gasteiger partial charge in [0.15, 0.2) is 0 Å². The third kappa shape index (κ3) is 5.40. The second-order valence-electron chi connectivity index (χ2n) is 5.20. The van der Waals surface area contributed by atoms with Crippen LogP contribution in [0.3, 0.4) is 0 Å². The van der Waals surface area contributed by atoms with E-state index in [1.807, 2.05) is 42.5 Å². The molecule has 0 radical (unpaired) electrons. The van der Waals surface area contributed by atoms with E-state index in [0.717, 1.165) is 42.9 Å². The van der Waals surface area contributed by atoms with E-state index in [1.165, 1.54) is 5.56 Å². The van der Waals surface area contributed by atoms with E-state index in [2.05, 4.69) is 12.1 Å². The van der Waals surface area contributed by atoms with Crippen LogP contribution in [0.5, 0.6) is 5.75 Å². The van der Waals surface area contributed by atoms with Crippen LogP contribution in [0.1, 0.15) is 24.8 Å². The maximum atomic E-state index is 12.1. The molecule has 0 saturated heterocycles. The zero-order valence-electron chi connectivity index (χ0n) is 12.5. The number of hydrogen-bond acceptors (Lipinski definition) is 2. The van der Waals surface area contributed by atoms with Gasteiger partial charge in [-0.25, -0.2) is 0 Å². The molecular weight excluding hydrogens is 279 g/mol. The lowest BCUT2D eigenvalue weighted by Crippen LogP contribution is -1.97. The predicted octanol–water partition coefficient (Wildman–Crippen LogP) is 4.29. The summed E-state index contributed by atoms with van der Waals surface area (Å²) in [5.74, 6) is 0.903. The van der Waals surface area contributed by atoms with Crippen molar-refractivity contribution in [1.82, 2.24) is 0 Å². The van der Waals surface area contributed by atoms with E-state index in [4.69, 9.17) is 4.74 Å². The molecule has 0 heterocycles. The van der Waals surface area contributed by atoms with Gasteiger partial charge in [-0.2, -0.15) is 0 Å². The number of rotatable bonds is 8. The number of aryl methyl sites for hydroxylation is 1. The molecule has 0 aromatic heterocycles. The summed E-state index contributed by atoms with van der Waals surface area (Å²) >= 11 is 0. The van der Waals surface area contributed by atoms with Crippen molar-refractivity contribution in [3.8, 4) is 5.75 Å². The van der Waals surface area contributed by atoms with Gasteiger partial charge in [-0.3, -0.25) is 0 Å². The number of hydrogen-bond donors (Lipinski definition) is 0. The topological polar surface area (TPSA) is 26.3 Å². The maximum absolute atomic E-state index is 12.1. The van der Waals surface area contributed by atoms with Gasteiger partial charge < -0.3 is 9.30 Å². The highest BCUT2D eigenvalue weighted by molar-refractivity contribution is 7.53. The lowest BCUT2D eigenvalue weighted by atomic mass is 10.1. The second-order valence-corrected chi connectivity index (χ2v) is 7.12. The summed E-state index contributed by atoms with van der Waals surface area (Å²) in [5.41, 5.74) is 1.34. The van der Waals surface area contributed by atoms with Crippen LogP contribution in [0.15, 0.2) is 54.6 Å². The summed E-state index contributed by atoms with van der Waals surface area (Å²) in [6.45, 7) is 0. The van der Waals surface area contributed by atoms with E-state index in [0.29, 0.717) is 0 Å². The molecule has 0 spiro atoms. The van der Waals surface area contributed by atoms with Crippen molar-refractivity contribution >= 4 is 13.1 Å². The van der Waals surface area contributed by atoms with Crippen molar-refractivity contribution in [2.24, 2.45) is 0 Å². The van der Waals surface area contributed by atoms with Crippen molar-refractivity contribution in [3.63, 3.8) is 0 Å². The van der Waals surface area contributed by atoms with Gasteiger partial charge in [0.05, 0.1) is 7.11 Å². The van der Waals surface area contributed by atoms with Gasteiger partial charge in [-0.1, -0.05) is 48.9 Å². The molecule has 112 valence electrons. The van der Waals surface area contributed by atoms with Crippen molar-refractivity contribution in [1.29, 1.82) is 0 Å². The molecule has 2 nitrogen and oxygen atoms in total. The third-order valence-electron chi connectivity index (χ3n) is 3.62. The van der Waals surface area contributed by atoms with Gasteiger partial charge in [0.2, 0.25) is 0 Å². The molecule has 0 amide bonds. The van der Waals surface area contributed by atoms with E-state index in [9.17, 15) is 4.57 Å². The molecule has 0 aliphatic rings. The number of ether oxygens (including phenoxy) is 1. The van der Waals surface area contributed by atoms with Gasteiger partial charge in [0, 0.05) is 11.5 Å². The van der Waals surface area contributed by atoms with Crippen LogP contribution in [-0.2, 0) is 11.0 Å². The van der Waals surface area contributed by atoms with Crippen molar-refractivity contribution in [2.75, 3.05) is 13.3 Å². The Morgan fingerprint density at radius 2 is 1.62 bits per heavy atom. The minimum Gasteiger partial charge on any atom is -0.497 e. The first-order valence-corrected chi connectivity index (χ1v) is 9.12. The standard InChI is InChI=1S/C18H23O2P/c1-20-17-13-11-16(12-14-17)8-4-3-7-15-21(19)18-9-5-2-6-10-18/h2,5-6,9-14,21H,3-4,7-8,15H2,1H3. The lowest BCUT2D eigenvalue weighted by Gasteiger charge is -2.04. The molecule has 2 aromatic carbocycles. The first-order valence-electron chi connectivity index (χ1n) is 7.51. The average Bonchev–Trinajstić information content (AvgIpc) is 2.55. The molecule has 3 heteroatoms. The van der Waals surface area contributed by atoms with Crippen LogP contribution in [0, 0.1) is 0 Å². The summed E-state index contributed by atoms with van der Waals surface area (Å²) in [6.07, 6.45) is 5.24. The van der Waals surface area contributed by atoms with E-state index in [1.54, 1.807) is 7.11 Å². The Hall–Kier alpha value is -1.53. The summed E-state index contributed by atoms with van der Waals surface area (Å²) in [6, 6.07) is 18.1. The molecule has 0 fully saturated rings. The Morgan fingerprint density at radius 3 is 2.29 bits per heavy atom. The van der Waals surface area contributed by atoms with Crippen molar-refractivity contribution in [2.45, 2.75) is 25.7 Å². The highest BCUT2D eigenvalue weighted by Gasteiger charge is 2.02. The SMILES string of the molecule is COc1ccc(CCCCC[PH](=O)c2ccccc2)cc1. The highest BCUT2D eigenvalue weighted by Crippen LogP contribution is 2.22. The minimum atomic E-state index is -1.59. The molecular formula is C18H23O2P. The van der Waals surface area contributed by atoms with E-state index >= 15 is 0 Å². The second kappa shape index (κ2) is 8.69. The lowest BCUT2D eigenvalue weighted by molar-refractivity contribution is 0.414. The zero-order valence-corrected chi connectivity index (χ0v) is 13.5. The smallest absolute Gasteiger partial charge is 0.118 e. The zero-order chi connectivity index (χ0) is 14.9. The molecule has 0 saturated carbocycles. The summed E-state index contributed by atoms with van der Waals surface area (Å²) in [7, 11) is 0.0973. The van der Waals surface area contributed by atoms with Crippen LogP contribution < -0.4 is 10.0 Å². The van der Waals surface area contributed by atoms with Gasteiger partial charge >= 0.3 is 0 Å². The molecule has 1 atom stereocenters. The largest absolute Gasteiger partial charge is 0.497 e. The fraction of sp³-hybridized carbons (Fsp3) is 0.333. The van der Waals surface area contributed by atoms with Gasteiger partial charge in [0.25, 0.3) is 0 Å². The van der Waals surface area contributed by atoms with Crippen LogP contribution in [0.4, 0.5) is 0 Å². The Balaban J connectivity index is 1.64. The van der Waals surface area contributed by atoms with Gasteiger partial charge in [0.1, 0.15) is 13.6 Å². The van der Waals surface area contributed by atoms with E-state index < -0.39 is 7.80 Å². The normalized spacial score (nSPS) is 12.0. The third-order valence-corrected chi connectivity index (χ3v) is 5.41. The average molecular weight is 302 g/mol. The molecule has 2 aromatic rings. The predicted molar refractivity (Wildman–Crippen MR) is 90.5 cm³/mol. The molecule has 2 rings (SSSR count). The minimum absolute atomic E-state index is 0.831. The van der Waals surface area contributed by atoms with Crippen LogP contribution in [0.2, 0.25) is 0 Å². The molecule has 21 heavy (non-hydrogen) atoms. The highest BCUT2D eigenvalue weighted by atomic mass is 31.1. The quantitative estimate of drug-likeness (QED) is 0.537. The summed E-state index contributed by atoms with van der Waals surface area (Å²) in [5, 5.41) is 1.01. The first-order chi connectivity index (χ1) is 10.3. The fourth-order valence-corrected chi connectivity index (χ4v) is 3.78.